The van der Waals surface area contributed by atoms with E-state index in [1.54, 1.807) is 0 Å². The van der Waals surface area contributed by atoms with Crippen LogP contribution in [0.2, 0.25) is 0 Å². The Labute approximate surface area is 186 Å². The van der Waals surface area contributed by atoms with E-state index in [2.05, 4.69) is 53.1 Å². The van der Waals surface area contributed by atoms with Crippen molar-refractivity contribution < 1.29 is 0 Å². The third-order valence-electron chi connectivity index (χ3n) is 5.51. The van der Waals surface area contributed by atoms with Crippen molar-refractivity contribution in [1.82, 2.24) is 25.1 Å². The van der Waals surface area contributed by atoms with Crippen LogP contribution < -0.4 is 10.6 Å². The van der Waals surface area contributed by atoms with Crippen molar-refractivity contribution in [2.24, 2.45) is 12.0 Å². The Morgan fingerprint density at radius 1 is 1.21 bits per heavy atom. The number of halogens is 1. The number of aryl methyl sites for hydroxylation is 1. The van der Waals surface area contributed by atoms with Gasteiger partial charge in [0.05, 0.1) is 11.0 Å². The Morgan fingerprint density at radius 3 is 2.79 bits per heavy atom. The summed E-state index contributed by atoms with van der Waals surface area (Å²) in [5, 5.41) is 6.85. The molecule has 0 bridgehead atoms. The molecule has 28 heavy (non-hydrogen) atoms. The van der Waals surface area contributed by atoms with Crippen molar-refractivity contribution in [1.29, 1.82) is 0 Å². The number of para-hydroxylation sites is 2. The van der Waals surface area contributed by atoms with Crippen LogP contribution in [0, 0.1) is 0 Å². The van der Waals surface area contributed by atoms with Crippen molar-refractivity contribution in [2.75, 3.05) is 26.2 Å². The van der Waals surface area contributed by atoms with Crippen LogP contribution in [0.5, 0.6) is 0 Å². The Hall–Kier alpha value is -1.35. The first-order chi connectivity index (χ1) is 13.2. The maximum Gasteiger partial charge on any atom is 0.191 e. The first-order valence-corrected chi connectivity index (χ1v) is 10.4. The third kappa shape index (κ3) is 5.83. The number of hydrogen-bond acceptors (Lipinski definition) is 3. The van der Waals surface area contributed by atoms with Gasteiger partial charge >= 0.3 is 0 Å². The SMILES string of the molecule is CCNC(=NCc1nc2ccccc2n1C)NCCN1CCCCC1CC.I. The molecule has 1 aliphatic heterocycles. The molecule has 0 radical (unpaired) electrons. The molecular weight excluding hydrogens is 463 g/mol. The fourth-order valence-electron chi connectivity index (χ4n) is 3.96. The zero-order valence-electron chi connectivity index (χ0n) is 17.4. The van der Waals surface area contributed by atoms with Crippen molar-refractivity contribution in [3.8, 4) is 0 Å². The van der Waals surface area contributed by atoms with Crippen molar-refractivity contribution >= 4 is 41.0 Å². The van der Waals surface area contributed by atoms with E-state index in [0.29, 0.717) is 6.54 Å². The maximum atomic E-state index is 4.75. The normalized spacial score (nSPS) is 18.1. The average molecular weight is 498 g/mol. The van der Waals surface area contributed by atoms with Gasteiger partial charge in [0.2, 0.25) is 0 Å². The van der Waals surface area contributed by atoms with Gasteiger partial charge in [0.15, 0.2) is 5.96 Å². The van der Waals surface area contributed by atoms with Crippen LogP contribution in [0.3, 0.4) is 0 Å². The van der Waals surface area contributed by atoms with E-state index >= 15 is 0 Å². The lowest BCUT2D eigenvalue weighted by Crippen LogP contribution is -2.45. The molecule has 1 fully saturated rings. The average Bonchev–Trinajstić information content (AvgIpc) is 3.02. The molecule has 156 valence electrons. The van der Waals surface area contributed by atoms with Crippen LogP contribution >= 0.6 is 24.0 Å². The molecule has 7 heteroatoms. The fourth-order valence-corrected chi connectivity index (χ4v) is 3.96. The quantitative estimate of drug-likeness (QED) is 0.349. The molecule has 0 spiro atoms. The summed E-state index contributed by atoms with van der Waals surface area (Å²) in [5.41, 5.74) is 2.18. The Bertz CT molecular complexity index is 756. The van der Waals surface area contributed by atoms with Crippen molar-refractivity contribution in [3.05, 3.63) is 30.1 Å². The van der Waals surface area contributed by atoms with Gasteiger partial charge in [-0.05, 0) is 44.9 Å². The summed E-state index contributed by atoms with van der Waals surface area (Å²) in [6, 6.07) is 8.97. The van der Waals surface area contributed by atoms with Crippen molar-refractivity contribution in [3.63, 3.8) is 0 Å². The van der Waals surface area contributed by atoms with Crippen LogP contribution in [0.15, 0.2) is 29.3 Å². The molecule has 1 aromatic heterocycles. The molecule has 1 atom stereocenters. The van der Waals surface area contributed by atoms with Gasteiger partial charge in [-0.2, -0.15) is 0 Å². The molecule has 2 N–H and O–H groups in total. The largest absolute Gasteiger partial charge is 0.357 e. The molecular formula is C21H35IN6. The predicted octanol–water partition coefficient (Wildman–Crippen LogP) is 3.51. The number of benzene rings is 1. The summed E-state index contributed by atoms with van der Waals surface area (Å²) in [7, 11) is 2.06. The third-order valence-corrected chi connectivity index (χ3v) is 5.51. The highest BCUT2D eigenvalue weighted by Gasteiger charge is 2.20. The van der Waals surface area contributed by atoms with E-state index in [-0.39, 0.29) is 24.0 Å². The van der Waals surface area contributed by atoms with Crippen LogP contribution in [0.1, 0.15) is 45.4 Å². The molecule has 1 saturated heterocycles. The second-order valence-electron chi connectivity index (χ2n) is 7.29. The van der Waals surface area contributed by atoms with Gasteiger partial charge in [-0.1, -0.05) is 25.5 Å². The molecule has 3 rings (SSSR count). The number of nitrogens with zero attached hydrogens (tertiary/aromatic N) is 4. The topological polar surface area (TPSA) is 57.5 Å². The molecule has 1 aliphatic rings. The second-order valence-corrected chi connectivity index (χ2v) is 7.29. The van der Waals surface area contributed by atoms with E-state index < -0.39 is 0 Å². The standard InChI is InChI=1S/C21H34N6.HI/c1-4-17-10-8-9-14-27(17)15-13-23-21(22-5-2)24-16-20-25-18-11-6-7-12-19(18)26(20)3;/h6-7,11-12,17H,4-5,8-10,13-16H2,1-3H3,(H2,22,23,24);1H. The number of likely N-dealkylation sites (tertiary alicyclic amines) is 1. The van der Waals surface area contributed by atoms with Crippen LogP contribution in [0.4, 0.5) is 0 Å². The summed E-state index contributed by atoms with van der Waals surface area (Å²) < 4.78 is 2.13. The number of piperidine rings is 1. The number of aromatic nitrogens is 2. The van der Waals surface area contributed by atoms with Gasteiger partial charge in [0, 0.05) is 32.7 Å². The number of aliphatic imine (C=N–C) groups is 1. The molecule has 6 nitrogen and oxygen atoms in total. The Kier molecular flexibility index (Phi) is 9.50. The predicted molar refractivity (Wildman–Crippen MR) is 128 cm³/mol. The van der Waals surface area contributed by atoms with Crippen LogP contribution in [-0.2, 0) is 13.6 Å². The molecule has 1 aromatic carbocycles. The van der Waals surface area contributed by atoms with Crippen LogP contribution in [0.25, 0.3) is 11.0 Å². The highest BCUT2D eigenvalue weighted by Crippen LogP contribution is 2.18. The molecule has 2 aromatic rings. The van der Waals surface area contributed by atoms with E-state index in [1.807, 2.05) is 12.1 Å². The summed E-state index contributed by atoms with van der Waals surface area (Å²) in [4.78, 5) is 12.1. The van der Waals surface area contributed by atoms with E-state index in [4.69, 9.17) is 9.98 Å². The van der Waals surface area contributed by atoms with Gasteiger partial charge < -0.3 is 15.2 Å². The first kappa shape index (κ1) is 22.9. The lowest BCUT2D eigenvalue weighted by Gasteiger charge is -2.35. The number of hydrogen-bond donors (Lipinski definition) is 2. The maximum absolute atomic E-state index is 4.75. The van der Waals surface area contributed by atoms with Gasteiger partial charge in [-0.15, -0.1) is 24.0 Å². The van der Waals surface area contributed by atoms with Crippen molar-refractivity contribution in [2.45, 2.75) is 52.1 Å². The van der Waals surface area contributed by atoms with E-state index in [0.717, 1.165) is 48.5 Å². The zero-order chi connectivity index (χ0) is 19.1. The van der Waals surface area contributed by atoms with Gasteiger partial charge in [-0.25, -0.2) is 9.98 Å². The summed E-state index contributed by atoms with van der Waals surface area (Å²) in [5.74, 6) is 1.85. The number of fused-ring (bicyclic) bond motifs is 1. The molecule has 2 heterocycles. The lowest BCUT2D eigenvalue weighted by molar-refractivity contribution is 0.147. The number of imidazole rings is 1. The molecule has 0 aliphatic carbocycles. The van der Waals surface area contributed by atoms with E-state index in [1.165, 1.54) is 32.2 Å². The minimum absolute atomic E-state index is 0. The van der Waals surface area contributed by atoms with E-state index in [9.17, 15) is 0 Å². The number of nitrogens with one attached hydrogen (secondary N) is 2. The Balaban J connectivity index is 0.00000280. The van der Waals surface area contributed by atoms with Gasteiger partial charge in [0.25, 0.3) is 0 Å². The fraction of sp³-hybridized carbons (Fsp3) is 0.619. The molecule has 1 unspecified atom stereocenters. The highest BCUT2D eigenvalue weighted by atomic mass is 127. The Morgan fingerprint density at radius 2 is 2.04 bits per heavy atom. The van der Waals surface area contributed by atoms with Gasteiger partial charge in [-0.3, -0.25) is 4.90 Å². The zero-order valence-corrected chi connectivity index (χ0v) is 19.8. The number of rotatable bonds is 7. The molecule has 0 saturated carbocycles. The minimum atomic E-state index is 0. The minimum Gasteiger partial charge on any atom is -0.357 e. The second kappa shape index (κ2) is 11.6. The summed E-state index contributed by atoms with van der Waals surface area (Å²) in [6.07, 6.45) is 5.31. The summed E-state index contributed by atoms with van der Waals surface area (Å²) >= 11 is 0. The smallest absolute Gasteiger partial charge is 0.191 e. The van der Waals surface area contributed by atoms with Crippen LogP contribution in [-0.4, -0.2) is 52.6 Å². The number of guanidine groups is 1. The lowest BCUT2D eigenvalue weighted by atomic mass is 10.0. The monoisotopic (exact) mass is 498 g/mol. The summed E-state index contributed by atoms with van der Waals surface area (Å²) in [6.45, 7) is 9.06. The molecule has 0 amide bonds. The van der Waals surface area contributed by atoms with Gasteiger partial charge in [0.1, 0.15) is 12.4 Å². The highest BCUT2D eigenvalue weighted by molar-refractivity contribution is 14.0. The first-order valence-electron chi connectivity index (χ1n) is 10.4.